The van der Waals surface area contributed by atoms with E-state index in [1.807, 2.05) is 12.4 Å². The van der Waals surface area contributed by atoms with Crippen molar-refractivity contribution in [2.45, 2.75) is 0 Å². The monoisotopic (exact) mass is 622 g/mol. The van der Waals surface area contributed by atoms with Crippen molar-refractivity contribution in [1.29, 1.82) is 0 Å². The average Bonchev–Trinajstić information content (AvgIpc) is 3.88. The van der Waals surface area contributed by atoms with E-state index in [4.69, 9.17) is 0 Å². The topological polar surface area (TPSA) is 27.2 Å². The molecule has 0 atom stereocenters. The lowest BCUT2D eigenvalue weighted by atomic mass is 10.0. The van der Waals surface area contributed by atoms with Crippen molar-refractivity contribution in [3.63, 3.8) is 0 Å². The van der Waals surface area contributed by atoms with Crippen molar-refractivity contribution in [2.24, 2.45) is 0 Å². The summed E-state index contributed by atoms with van der Waals surface area (Å²) >= 11 is 0. The highest BCUT2D eigenvalue weighted by atomic mass is 15.0. The predicted octanol–water partition coefficient (Wildman–Crippen LogP) is 11.6. The van der Waals surface area contributed by atoms with Gasteiger partial charge in [0.25, 0.3) is 0 Å². The molecular weight excluding hydrogens is 597 g/mol. The van der Waals surface area contributed by atoms with Crippen LogP contribution in [-0.4, -0.2) is 18.5 Å². The van der Waals surface area contributed by atoms with Gasteiger partial charge in [-0.1, -0.05) is 78.9 Å². The number of nitrogens with zero attached hydrogens (tertiary/aromatic N) is 4. The molecule has 0 unspecified atom stereocenters. The number of rotatable bonds is 2. The molecule has 12 aromatic rings. The van der Waals surface area contributed by atoms with Crippen molar-refractivity contribution in [1.82, 2.24) is 18.5 Å². The zero-order valence-corrected chi connectivity index (χ0v) is 26.3. The Hall–Kier alpha value is -6.65. The van der Waals surface area contributed by atoms with Crippen molar-refractivity contribution < 1.29 is 0 Å². The third-order valence-corrected chi connectivity index (χ3v) is 10.8. The first-order valence-corrected chi connectivity index (χ1v) is 16.8. The summed E-state index contributed by atoms with van der Waals surface area (Å²) in [6, 6.07) is 53.5. The SMILES string of the molecule is c1ccc2cc3c(cc2c1)c1cc2c4ccccc4n4c5ccccc5c(c1n3-c1ccc(-n3c5ccccc5c5ccncc53)cc1)c24. The molecule has 0 fully saturated rings. The average molecular weight is 623 g/mol. The van der Waals surface area contributed by atoms with Gasteiger partial charge in [-0.15, -0.1) is 0 Å². The maximum atomic E-state index is 4.50. The number of aromatic nitrogens is 4. The number of pyridine rings is 1. The van der Waals surface area contributed by atoms with E-state index in [0.717, 1.165) is 16.9 Å². The Labute approximate surface area is 279 Å². The van der Waals surface area contributed by atoms with E-state index in [1.54, 1.807) is 0 Å². The molecule has 226 valence electrons. The highest BCUT2D eigenvalue weighted by Crippen LogP contribution is 2.47. The predicted molar refractivity (Wildman–Crippen MR) is 205 cm³/mol. The summed E-state index contributed by atoms with van der Waals surface area (Å²) in [5.74, 6) is 0. The minimum absolute atomic E-state index is 1.11. The molecular formula is C45H26N4. The molecule has 5 heterocycles. The molecule has 0 aliphatic carbocycles. The molecule has 49 heavy (non-hydrogen) atoms. The lowest BCUT2D eigenvalue weighted by Gasteiger charge is -2.12. The van der Waals surface area contributed by atoms with Crippen LogP contribution in [-0.2, 0) is 0 Å². The summed E-state index contributed by atoms with van der Waals surface area (Å²) in [5, 5.41) is 12.7. The fourth-order valence-corrected chi connectivity index (χ4v) is 8.80. The summed E-state index contributed by atoms with van der Waals surface area (Å²) < 4.78 is 7.32. The lowest BCUT2D eigenvalue weighted by molar-refractivity contribution is 1.14. The zero-order chi connectivity index (χ0) is 31.8. The van der Waals surface area contributed by atoms with Gasteiger partial charge in [0.1, 0.15) is 0 Å². The van der Waals surface area contributed by atoms with Crippen molar-refractivity contribution in [3.05, 3.63) is 158 Å². The van der Waals surface area contributed by atoms with Crippen LogP contribution in [0.25, 0.3) is 104 Å². The number of benzene rings is 7. The maximum absolute atomic E-state index is 4.50. The molecule has 0 aliphatic heterocycles. The van der Waals surface area contributed by atoms with Gasteiger partial charge in [-0.3, -0.25) is 4.98 Å². The number of hydrogen-bond acceptors (Lipinski definition) is 1. The van der Waals surface area contributed by atoms with Gasteiger partial charge in [0.2, 0.25) is 0 Å². The van der Waals surface area contributed by atoms with Crippen molar-refractivity contribution in [3.8, 4) is 11.4 Å². The van der Waals surface area contributed by atoms with E-state index in [1.165, 1.54) is 87.0 Å². The maximum Gasteiger partial charge on any atom is 0.0724 e. The number of hydrogen-bond donors (Lipinski definition) is 0. The first kappa shape index (κ1) is 25.4. The van der Waals surface area contributed by atoms with Gasteiger partial charge < -0.3 is 13.5 Å². The molecule has 0 saturated carbocycles. The van der Waals surface area contributed by atoms with Gasteiger partial charge in [0.15, 0.2) is 0 Å². The molecule has 0 amide bonds. The van der Waals surface area contributed by atoms with Crippen LogP contribution in [0.5, 0.6) is 0 Å². The molecule has 4 heteroatoms. The van der Waals surface area contributed by atoms with E-state index >= 15 is 0 Å². The van der Waals surface area contributed by atoms with Crippen LogP contribution in [0.4, 0.5) is 0 Å². The zero-order valence-electron chi connectivity index (χ0n) is 26.3. The molecule has 0 saturated heterocycles. The molecule has 0 spiro atoms. The summed E-state index contributed by atoms with van der Waals surface area (Å²) in [7, 11) is 0. The van der Waals surface area contributed by atoms with Gasteiger partial charge >= 0.3 is 0 Å². The van der Waals surface area contributed by atoms with E-state index < -0.39 is 0 Å². The largest absolute Gasteiger partial charge is 0.309 e. The number of para-hydroxylation sites is 3. The van der Waals surface area contributed by atoms with Crippen LogP contribution in [0, 0.1) is 0 Å². The highest BCUT2D eigenvalue weighted by Gasteiger charge is 2.24. The molecule has 0 bridgehead atoms. The molecule has 0 N–H and O–H groups in total. The Morgan fingerprint density at radius 1 is 0.367 bits per heavy atom. The fourth-order valence-electron chi connectivity index (χ4n) is 8.80. The van der Waals surface area contributed by atoms with Crippen LogP contribution >= 0.6 is 0 Å². The third-order valence-electron chi connectivity index (χ3n) is 10.8. The second kappa shape index (κ2) is 9.03. The minimum Gasteiger partial charge on any atom is -0.309 e. The van der Waals surface area contributed by atoms with E-state index in [-0.39, 0.29) is 0 Å². The second-order valence-electron chi connectivity index (χ2n) is 13.2. The summed E-state index contributed by atoms with van der Waals surface area (Å²) in [4.78, 5) is 4.50. The highest BCUT2D eigenvalue weighted by molar-refractivity contribution is 6.34. The summed E-state index contributed by atoms with van der Waals surface area (Å²) in [6.45, 7) is 0. The molecule has 7 aromatic carbocycles. The van der Waals surface area contributed by atoms with Gasteiger partial charge in [-0.2, -0.15) is 0 Å². The molecule has 0 radical (unpaired) electrons. The normalized spacial score (nSPS) is 12.5. The van der Waals surface area contributed by atoms with Crippen molar-refractivity contribution in [2.75, 3.05) is 0 Å². The van der Waals surface area contributed by atoms with E-state index in [0.29, 0.717) is 0 Å². The Balaban J connectivity index is 1.23. The van der Waals surface area contributed by atoms with Crippen LogP contribution in [0.2, 0.25) is 0 Å². The Bertz CT molecular complexity index is 3270. The van der Waals surface area contributed by atoms with Gasteiger partial charge in [-0.05, 0) is 77.5 Å². The second-order valence-corrected chi connectivity index (χ2v) is 13.2. The Morgan fingerprint density at radius 2 is 0.939 bits per heavy atom. The lowest BCUT2D eigenvalue weighted by Crippen LogP contribution is -1.97. The first-order chi connectivity index (χ1) is 24.3. The first-order valence-electron chi connectivity index (χ1n) is 16.8. The van der Waals surface area contributed by atoms with Crippen LogP contribution in [0.15, 0.2) is 158 Å². The third kappa shape index (κ3) is 3.16. The van der Waals surface area contributed by atoms with Gasteiger partial charge in [0, 0.05) is 60.7 Å². The number of fused-ring (bicyclic) bond motifs is 14. The smallest absolute Gasteiger partial charge is 0.0724 e. The Morgan fingerprint density at radius 3 is 1.71 bits per heavy atom. The molecule has 0 aliphatic rings. The van der Waals surface area contributed by atoms with Gasteiger partial charge in [0.05, 0.1) is 44.8 Å². The fraction of sp³-hybridized carbons (Fsp3) is 0. The summed E-state index contributed by atoms with van der Waals surface area (Å²) in [5.41, 5.74) is 10.8. The quantitative estimate of drug-likeness (QED) is 0.188. The van der Waals surface area contributed by atoms with Crippen LogP contribution < -0.4 is 0 Å². The standard InChI is InChI=1S/C45H26N4/c1-2-10-28-24-41-35(23-27(28)9-1)37-25-36-32-12-4-7-15-39(32)49-40-16-8-5-13-34(40)43(45(36)49)44(37)48(41)30-19-17-29(18-20-30)47-38-14-6-3-11-31(38)33-21-22-46-26-42(33)47/h1-26H. The molecule has 5 aromatic heterocycles. The summed E-state index contributed by atoms with van der Waals surface area (Å²) in [6.07, 6.45) is 3.86. The van der Waals surface area contributed by atoms with E-state index in [2.05, 4.69) is 164 Å². The van der Waals surface area contributed by atoms with Crippen molar-refractivity contribution >= 4 is 92.5 Å². The Kier molecular flexibility index (Phi) is 4.69. The van der Waals surface area contributed by atoms with E-state index in [9.17, 15) is 0 Å². The van der Waals surface area contributed by atoms with Crippen LogP contribution in [0.3, 0.4) is 0 Å². The minimum atomic E-state index is 1.11. The molecule has 12 rings (SSSR count). The van der Waals surface area contributed by atoms with Gasteiger partial charge in [-0.25, -0.2) is 0 Å². The van der Waals surface area contributed by atoms with Crippen LogP contribution in [0.1, 0.15) is 0 Å². The molecule has 4 nitrogen and oxygen atoms in total.